The highest BCUT2D eigenvalue weighted by Crippen LogP contribution is 2.29. The van der Waals surface area contributed by atoms with Gasteiger partial charge in [-0.05, 0) is 52.9 Å². The number of nitrogens with zero attached hydrogens (tertiary/aromatic N) is 1. The molecule has 2 heterocycles. The molecule has 4 rings (SSSR count). The lowest BCUT2D eigenvalue weighted by molar-refractivity contribution is 0.415. The minimum Gasteiger partial charge on any atom is -0.497 e. The van der Waals surface area contributed by atoms with Gasteiger partial charge in [0.2, 0.25) is 0 Å². The Morgan fingerprint density at radius 1 is 1.07 bits per heavy atom. The van der Waals surface area contributed by atoms with Gasteiger partial charge in [0.25, 0.3) is 0 Å². The van der Waals surface area contributed by atoms with Crippen molar-refractivity contribution in [3.63, 3.8) is 0 Å². The third-order valence-corrected chi connectivity index (χ3v) is 5.12. The SMILES string of the molecule is COc1ccc2cc(CNCc3cccc(F)c3)c(-c3ccsc3)nc2c1. The number of rotatable bonds is 6. The Morgan fingerprint density at radius 3 is 2.78 bits per heavy atom. The first-order valence-corrected chi connectivity index (χ1v) is 9.62. The highest BCUT2D eigenvalue weighted by Gasteiger charge is 2.11. The fourth-order valence-electron chi connectivity index (χ4n) is 3.09. The number of nitrogens with one attached hydrogen (secondary N) is 1. The van der Waals surface area contributed by atoms with E-state index in [2.05, 4.69) is 28.2 Å². The van der Waals surface area contributed by atoms with Crippen LogP contribution in [0, 0.1) is 5.82 Å². The van der Waals surface area contributed by atoms with Gasteiger partial charge in [0.15, 0.2) is 0 Å². The summed E-state index contributed by atoms with van der Waals surface area (Å²) in [7, 11) is 1.66. The number of pyridine rings is 1. The van der Waals surface area contributed by atoms with Crippen LogP contribution in [0.3, 0.4) is 0 Å². The van der Waals surface area contributed by atoms with E-state index in [1.807, 2.05) is 24.3 Å². The van der Waals surface area contributed by atoms with Gasteiger partial charge in [-0.3, -0.25) is 0 Å². The topological polar surface area (TPSA) is 34.1 Å². The van der Waals surface area contributed by atoms with Gasteiger partial charge in [-0.25, -0.2) is 9.37 Å². The van der Waals surface area contributed by atoms with Crippen LogP contribution in [0.2, 0.25) is 0 Å². The third-order valence-electron chi connectivity index (χ3n) is 4.43. The first-order valence-electron chi connectivity index (χ1n) is 8.68. The number of hydrogen-bond acceptors (Lipinski definition) is 4. The zero-order chi connectivity index (χ0) is 18.6. The highest BCUT2D eigenvalue weighted by atomic mass is 32.1. The predicted molar refractivity (Wildman–Crippen MR) is 109 cm³/mol. The third kappa shape index (κ3) is 3.99. The average Bonchev–Trinajstić information content (AvgIpc) is 3.22. The van der Waals surface area contributed by atoms with Gasteiger partial charge < -0.3 is 10.1 Å². The Morgan fingerprint density at radius 2 is 2.00 bits per heavy atom. The summed E-state index contributed by atoms with van der Waals surface area (Å²) in [5.74, 6) is 0.581. The zero-order valence-corrected chi connectivity index (χ0v) is 15.7. The summed E-state index contributed by atoms with van der Waals surface area (Å²) >= 11 is 1.65. The molecule has 0 saturated carbocycles. The van der Waals surface area contributed by atoms with E-state index in [0.717, 1.165) is 39.0 Å². The van der Waals surface area contributed by atoms with Crippen LogP contribution in [0.5, 0.6) is 5.75 Å². The maximum absolute atomic E-state index is 13.4. The number of thiophene rings is 1. The number of benzene rings is 2. The molecule has 0 radical (unpaired) electrons. The molecule has 0 amide bonds. The van der Waals surface area contributed by atoms with Crippen LogP contribution < -0.4 is 10.1 Å². The lowest BCUT2D eigenvalue weighted by Crippen LogP contribution is -2.14. The van der Waals surface area contributed by atoms with Crippen LogP contribution in [0.1, 0.15) is 11.1 Å². The molecule has 2 aromatic heterocycles. The van der Waals surface area contributed by atoms with Crippen LogP contribution in [-0.4, -0.2) is 12.1 Å². The van der Waals surface area contributed by atoms with E-state index in [-0.39, 0.29) is 5.82 Å². The van der Waals surface area contributed by atoms with Gasteiger partial charge in [-0.15, -0.1) is 0 Å². The van der Waals surface area contributed by atoms with Gasteiger partial charge >= 0.3 is 0 Å². The van der Waals surface area contributed by atoms with Crippen LogP contribution in [-0.2, 0) is 13.1 Å². The normalized spacial score (nSPS) is 11.0. The summed E-state index contributed by atoms with van der Waals surface area (Å²) in [4.78, 5) is 4.89. The zero-order valence-electron chi connectivity index (χ0n) is 14.9. The molecule has 27 heavy (non-hydrogen) atoms. The average molecular weight is 378 g/mol. The fraction of sp³-hybridized carbons (Fsp3) is 0.136. The second kappa shape index (κ2) is 7.86. The lowest BCUT2D eigenvalue weighted by atomic mass is 10.0. The summed E-state index contributed by atoms with van der Waals surface area (Å²) in [6, 6.07) is 16.8. The van der Waals surface area contributed by atoms with Crippen molar-refractivity contribution in [1.29, 1.82) is 0 Å². The van der Waals surface area contributed by atoms with Gasteiger partial charge in [-0.2, -0.15) is 11.3 Å². The van der Waals surface area contributed by atoms with Crippen molar-refractivity contribution in [3.05, 3.63) is 82.3 Å². The summed E-state index contributed by atoms with van der Waals surface area (Å²) in [6.45, 7) is 1.25. The number of fused-ring (bicyclic) bond motifs is 1. The Labute approximate surface area is 161 Å². The standard InChI is InChI=1S/C22H19FN2OS/c1-26-20-6-5-16-10-18(13-24-12-15-3-2-4-19(23)9-15)22(25-21(16)11-20)17-7-8-27-14-17/h2-11,14,24H,12-13H2,1H3. The number of halogens is 1. The molecule has 2 aromatic carbocycles. The largest absolute Gasteiger partial charge is 0.497 e. The first kappa shape index (κ1) is 17.6. The molecular formula is C22H19FN2OS. The van der Waals surface area contributed by atoms with Crippen molar-refractivity contribution in [2.75, 3.05) is 7.11 Å². The quantitative estimate of drug-likeness (QED) is 0.488. The maximum atomic E-state index is 13.4. The van der Waals surface area contributed by atoms with Crippen LogP contribution in [0.15, 0.2) is 65.4 Å². The molecule has 3 nitrogen and oxygen atoms in total. The molecule has 1 N–H and O–H groups in total. The fourth-order valence-corrected chi connectivity index (χ4v) is 3.73. The van der Waals surface area contributed by atoms with Crippen molar-refractivity contribution in [2.45, 2.75) is 13.1 Å². The number of aromatic nitrogens is 1. The van der Waals surface area contributed by atoms with E-state index >= 15 is 0 Å². The Bertz CT molecular complexity index is 1060. The molecule has 4 aromatic rings. The minimum absolute atomic E-state index is 0.213. The smallest absolute Gasteiger partial charge is 0.123 e. The monoisotopic (exact) mass is 378 g/mol. The Balaban J connectivity index is 1.64. The lowest BCUT2D eigenvalue weighted by Gasteiger charge is -2.12. The van der Waals surface area contributed by atoms with Gasteiger partial charge in [0.05, 0.1) is 18.3 Å². The Kier molecular flexibility index (Phi) is 5.14. The minimum atomic E-state index is -0.213. The van der Waals surface area contributed by atoms with Crippen molar-refractivity contribution in [1.82, 2.24) is 10.3 Å². The van der Waals surface area contributed by atoms with E-state index in [4.69, 9.17) is 9.72 Å². The molecule has 0 saturated heterocycles. The Hall–Kier alpha value is -2.76. The molecule has 0 aliphatic carbocycles. The van der Waals surface area contributed by atoms with Crippen LogP contribution in [0.4, 0.5) is 4.39 Å². The molecule has 0 bridgehead atoms. The molecule has 0 aliphatic heterocycles. The number of hydrogen-bond donors (Lipinski definition) is 1. The summed E-state index contributed by atoms with van der Waals surface area (Å²) in [5.41, 5.74) is 5.01. The van der Waals surface area contributed by atoms with Gasteiger partial charge in [-0.1, -0.05) is 12.1 Å². The van der Waals surface area contributed by atoms with Gasteiger partial charge in [0.1, 0.15) is 11.6 Å². The van der Waals surface area contributed by atoms with Crippen molar-refractivity contribution >= 4 is 22.2 Å². The predicted octanol–water partition coefficient (Wildman–Crippen LogP) is 5.40. The second-order valence-corrected chi connectivity index (χ2v) is 7.08. The number of ether oxygens (including phenoxy) is 1. The highest BCUT2D eigenvalue weighted by molar-refractivity contribution is 7.08. The van der Waals surface area contributed by atoms with E-state index in [1.54, 1.807) is 30.6 Å². The van der Waals surface area contributed by atoms with E-state index in [0.29, 0.717) is 13.1 Å². The van der Waals surface area contributed by atoms with E-state index in [9.17, 15) is 4.39 Å². The molecule has 0 spiro atoms. The van der Waals surface area contributed by atoms with Crippen LogP contribution in [0.25, 0.3) is 22.2 Å². The van der Waals surface area contributed by atoms with Crippen LogP contribution >= 0.6 is 11.3 Å². The molecule has 0 atom stereocenters. The summed E-state index contributed by atoms with van der Waals surface area (Å²) in [6.07, 6.45) is 0. The second-order valence-electron chi connectivity index (χ2n) is 6.30. The molecular weight excluding hydrogens is 359 g/mol. The molecule has 5 heteroatoms. The van der Waals surface area contributed by atoms with Gasteiger partial charge in [0, 0.05) is 35.5 Å². The van der Waals surface area contributed by atoms with Crippen molar-refractivity contribution in [2.24, 2.45) is 0 Å². The molecule has 0 fully saturated rings. The molecule has 0 aliphatic rings. The molecule has 0 unspecified atom stereocenters. The first-order chi connectivity index (χ1) is 13.2. The summed E-state index contributed by atoms with van der Waals surface area (Å²) in [5, 5.41) is 8.63. The maximum Gasteiger partial charge on any atom is 0.123 e. The van der Waals surface area contributed by atoms with E-state index < -0.39 is 0 Å². The van der Waals surface area contributed by atoms with Crippen molar-refractivity contribution < 1.29 is 9.13 Å². The van der Waals surface area contributed by atoms with E-state index in [1.165, 1.54) is 6.07 Å². The number of methoxy groups -OCH3 is 1. The molecule has 136 valence electrons. The summed E-state index contributed by atoms with van der Waals surface area (Å²) < 4.78 is 18.7. The van der Waals surface area contributed by atoms with Crippen molar-refractivity contribution in [3.8, 4) is 17.0 Å².